The molecule has 2 aliphatic heterocycles. The Bertz CT molecular complexity index is 308. The molecule has 7 nitrogen and oxygen atoms in total. The van der Waals surface area contributed by atoms with E-state index in [1.54, 1.807) is 0 Å². The number of hydrogen-bond donors (Lipinski definition) is 4. The van der Waals surface area contributed by atoms with Crippen LogP contribution in [0.1, 0.15) is 6.42 Å². The molecule has 0 aliphatic carbocycles. The van der Waals surface area contributed by atoms with Gasteiger partial charge in [0, 0.05) is 18.7 Å². The molecule has 4 N–H and O–H groups in total. The number of carbonyl (C=O) groups excluding carboxylic acids is 1. The zero-order valence-electron chi connectivity index (χ0n) is 8.48. The number of rotatable bonds is 2. The van der Waals surface area contributed by atoms with E-state index >= 15 is 0 Å². The molecule has 0 aromatic heterocycles. The molecule has 0 bridgehead atoms. The van der Waals surface area contributed by atoms with Crippen molar-refractivity contribution in [2.45, 2.75) is 31.2 Å². The topological polar surface area (TPSA) is 102 Å². The monoisotopic (exact) mass is 230 g/mol. The summed E-state index contributed by atoms with van der Waals surface area (Å²) in [5.74, 6) is -0.407. The number of nitrogens with zero attached hydrogens (tertiary/aromatic N) is 1. The highest BCUT2D eigenvalue weighted by Gasteiger charge is 2.39. The van der Waals surface area contributed by atoms with Crippen molar-refractivity contribution in [1.82, 2.24) is 10.2 Å². The zero-order valence-corrected chi connectivity index (χ0v) is 8.48. The molecule has 0 saturated carbocycles. The minimum atomic E-state index is -1.23. The van der Waals surface area contributed by atoms with Crippen LogP contribution < -0.4 is 5.32 Å². The molecule has 1 saturated heterocycles. The molecular weight excluding hydrogens is 216 g/mol. The van der Waals surface area contributed by atoms with Gasteiger partial charge in [-0.05, 0) is 0 Å². The van der Waals surface area contributed by atoms with Gasteiger partial charge in [-0.3, -0.25) is 4.79 Å². The first-order valence-electron chi connectivity index (χ1n) is 5.00. The normalized spacial score (nSPS) is 38.9. The third kappa shape index (κ3) is 2.03. The maximum Gasteiger partial charge on any atom is 0.248 e. The van der Waals surface area contributed by atoms with Gasteiger partial charge in [-0.25, -0.2) is 0 Å². The van der Waals surface area contributed by atoms with Crippen LogP contribution in [0.4, 0.5) is 0 Å². The Morgan fingerprint density at radius 2 is 2.31 bits per heavy atom. The highest BCUT2D eigenvalue weighted by Crippen LogP contribution is 2.24. The first-order chi connectivity index (χ1) is 7.61. The molecule has 7 heteroatoms. The van der Waals surface area contributed by atoms with Crippen LogP contribution in [0.2, 0.25) is 0 Å². The van der Waals surface area contributed by atoms with Gasteiger partial charge in [-0.1, -0.05) is 0 Å². The summed E-state index contributed by atoms with van der Waals surface area (Å²) in [7, 11) is 0. The average molecular weight is 230 g/mol. The molecule has 1 amide bonds. The van der Waals surface area contributed by atoms with Crippen LogP contribution in [-0.4, -0.2) is 57.5 Å². The Morgan fingerprint density at radius 1 is 1.56 bits per heavy atom. The van der Waals surface area contributed by atoms with Crippen molar-refractivity contribution in [3.05, 3.63) is 12.3 Å². The Labute approximate surface area is 91.9 Å². The molecule has 16 heavy (non-hydrogen) atoms. The summed E-state index contributed by atoms with van der Waals surface area (Å²) in [4.78, 5) is 12.2. The van der Waals surface area contributed by atoms with Gasteiger partial charge >= 0.3 is 0 Å². The first kappa shape index (κ1) is 11.3. The Hall–Kier alpha value is -1.15. The van der Waals surface area contributed by atoms with Crippen molar-refractivity contribution >= 4 is 5.91 Å². The molecule has 0 aromatic carbocycles. The smallest absolute Gasteiger partial charge is 0.248 e. The van der Waals surface area contributed by atoms with Gasteiger partial charge in [0.15, 0.2) is 6.23 Å². The number of aliphatic hydroxyl groups is 3. The third-order valence-corrected chi connectivity index (χ3v) is 2.61. The summed E-state index contributed by atoms with van der Waals surface area (Å²) in [5.41, 5.74) is 0. The van der Waals surface area contributed by atoms with E-state index in [4.69, 9.17) is 9.84 Å². The van der Waals surface area contributed by atoms with E-state index in [1.807, 2.05) is 0 Å². The van der Waals surface area contributed by atoms with Crippen LogP contribution >= 0.6 is 0 Å². The van der Waals surface area contributed by atoms with Crippen molar-refractivity contribution < 1.29 is 24.9 Å². The van der Waals surface area contributed by atoms with Crippen molar-refractivity contribution in [2.75, 3.05) is 6.61 Å². The molecule has 2 rings (SSSR count). The standard InChI is InChI=1S/C9H14N2O5/c12-4-5-3-6(13)8(16-5)11-2-1-7(14)10-9(11)15/h1-2,5-6,8-9,12-13,15H,3-4H2,(H,10,14)/t5-,6?,8+,9?/m0/s1. The van der Waals surface area contributed by atoms with Gasteiger partial charge in [-0.15, -0.1) is 0 Å². The lowest BCUT2D eigenvalue weighted by atomic mass is 10.2. The molecule has 4 atom stereocenters. The van der Waals surface area contributed by atoms with E-state index in [0.29, 0.717) is 6.42 Å². The van der Waals surface area contributed by atoms with E-state index < -0.39 is 30.7 Å². The molecule has 0 spiro atoms. The van der Waals surface area contributed by atoms with Crippen molar-refractivity contribution in [1.29, 1.82) is 0 Å². The van der Waals surface area contributed by atoms with Gasteiger partial charge in [-0.2, -0.15) is 0 Å². The van der Waals surface area contributed by atoms with Crippen molar-refractivity contribution in [3.8, 4) is 0 Å². The lowest BCUT2D eigenvalue weighted by Gasteiger charge is -2.35. The predicted molar refractivity (Wildman–Crippen MR) is 51.5 cm³/mol. The average Bonchev–Trinajstić information content (AvgIpc) is 2.60. The number of hydrogen-bond acceptors (Lipinski definition) is 6. The third-order valence-electron chi connectivity index (χ3n) is 2.61. The number of carbonyl (C=O) groups is 1. The minimum absolute atomic E-state index is 0.187. The Kier molecular flexibility index (Phi) is 3.10. The highest BCUT2D eigenvalue weighted by molar-refractivity contribution is 5.88. The quantitative estimate of drug-likeness (QED) is 0.424. The fourth-order valence-corrected chi connectivity index (χ4v) is 1.82. The maximum atomic E-state index is 10.9. The van der Waals surface area contributed by atoms with E-state index in [1.165, 1.54) is 17.2 Å². The number of amides is 1. The summed E-state index contributed by atoms with van der Waals surface area (Å²) in [6.07, 6.45) is -0.360. The second-order valence-corrected chi connectivity index (χ2v) is 3.78. The lowest BCUT2D eigenvalue weighted by molar-refractivity contribution is -0.153. The van der Waals surface area contributed by atoms with E-state index in [-0.39, 0.29) is 6.61 Å². The van der Waals surface area contributed by atoms with E-state index in [9.17, 15) is 15.0 Å². The molecule has 90 valence electrons. The number of aliphatic hydroxyl groups excluding tert-OH is 3. The largest absolute Gasteiger partial charge is 0.394 e. The summed E-state index contributed by atoms with van der Waals surface area (Å²) in [6.45, 7) is -0.187. The van der Waals surface area contributed by atoms with Gasteiger partial charge < -0.3 is 30.3 Å². The zero-order chi connectivity index (χ0) is 11.7. The maximum absolute atomic E-state index is 10.9. The second kappa shape index (κ2) is 4.38. The molecule has 2 aliphatic rings. The van der Waals surface area contributed by atoms with Crippen LogP contribution in [0.5, 0.6) is 0 Å². The molecule has 0 radical (unpaired) electrons. The Balaban J connectivity index is 2.07. The highest BCUT2D eigenvalue weighted by atomic mass is 16.5. The first-order valence-corrected chi connectivity index (χ1v) is 5.00. The fourth-order valence-electron chi connectivity index (χ4n) is 1.82. The minimum Gasteiger partial charge on any atom is -0.394 e. The molecule has 2 heterocycles. The summed E-state index contributed by atoms with van der Waals surface area (Å²) < 4.78 is 5.33. The summed E-state index contributed by atoms with van der Waals surface area (Å²) in [6, 6.07) is 0. The fraction of sp³-hybridized carbons (Fsp3) is 0.667. The van der Waals surface area contributed by atoms with Crippen molar-refractivity contribution in [3.63, 3.8) is 0 Å². The van der Waals surface area contributed by atoms with Crippen LogP contribution in [0, 0.1) is 0 Å². The summed E-state index contributed by atoms with van der Waals surface area (Å²) >= 11 is 0. The van der Waals surface area contributed by atoms with E-state index in [2.05, 4.69) is 5.32 Å². The molecule has 0 aromatic rings. The van der Waals surface area contributed by atoms with Crippen LogP contribution in [-0.2, 0) is 9.53 Å². The number of ether oxygens (including phenoxy) is 1. The van der Waals surface area contributed by atoms with Gasteiger partial charge in [0.1, 0.15) is 6.10 Å². The molecule has 2 unspecified atom stereocenters. The van der Waals surface area contributed by atoms with Gasteiger partial charge in [0.05, 0.1) is 12.7 Å². The SMILES string of the molecule is O=C1C=CN([C@@H]2O[C@H](CO)CC2O)C(O)N1. The van der Waals surface area contributed by atoms with Crippen molar-refractivity contribution in [2.24, 2.45) is 0 Å². The van der Waals surface area contributed by atoms with Crippen LogP contribution in [0.25, 0.3) is 0 Å². The number of nitrogens with one attached hydrogen (secondary N) is 1. The van der Waals surface area contributed by atoms with Crippen LogP contribution in [0.15, 0.2) is 12.3 Å². The molecular formula is C9H14N2O5. The predicted octanol–water partition coefficient (Wildman–Crippen LogP) is -2.32. The molecule has 1 fully saturated rings. The second-order valence-electron chi connectivity index (χ2n) is 3.78. The van der Waals surface area contributed by atoms with Crippen LogP contribution in [0.3, 0.4) is 0 Å². The summed E-state index contributed by atoms with van der Waals surface area (Å²) in [5, 5.41) is 30.4. The van der Waals surface area contributed by atoms with Gasteiger partial charge in [0.25, 0.3) is 0 Å². The lowest BCUT2D eigenvalue weighted by Crippen LogP contribution is -2.54. The van der Waals surface area contributed by atoms with Gasteiger partial charge in [0.2, 0.25) is 12.3 Å². The Morgan fingerprint density at radius 3 is 2.88 bits per heavy atom. The van der Waals surface area contributed by atoms with E-state index in [0.717, 1.165) is 0 Å².